The number of allylic oxidation sites excluding steroid dienone is 1. The van der Waals surface area contributed by atoms with Gasteiger partial charge in [0.15, 0.2) is 0 Å². The highest BCUT2D eigenvalue weighted by atomic mass is 79.9. The van der Waals surface area contributed by atoms with Crippen molar-refractivity contribution in [2.24, 2.45) is 0 Å². The van der Waals surface area contributed by atoms with Crippen LogP contribution in [0, 0.1) is 12.3 Å². The second-order valence-corrected chi connectivity index (χ2v) is 2.84. The van der Waals surface area contributed by atoms with Crippen molar-refractivity contribution >= 4 is 21.9 Å². The molecule has 0 aliphatic rings. The lowest BCUT2D eigenvalue weighted by atomic mass is 10.3. The molecule has 0 bridgehead atoms. The molecule has 0 aromatic heterocycles. The number of rotatable bonds is 5. The second-order valence-electron chi connectivity index (χ2n) is 2.04. The van der Waals surface area contributed by atoms with Gasteiger partial charge < -0.3 is 4.74 Å². The standard InChI is InChI=1S/C9H11BrO2/c1-2-3-4-8-12-9(11)6-5-7-10/h1,3-4H,5-8H2. The van der Waals surface area contributed by atoms with Crippen LogP contribution in [0.25, 0.3) is 0 Å². The molecule has 0 saturated heterocycles. The van der Waals surface area contributed by atoms with E-state index in [9.17, 15) is 4.79 Å². The van der Waals surface area contributed by atoms with Gasteiger partial charge in [0.25, 0.3) is 0 Å². The first-order chi connectivity index (χ1) is 5.81. The molecule has 0 aliphatic carbocycles. The molecule has 0 unspecified atom stereocenters. The van der Waals surface area contributed by atoms with Gasteiger partial charge >= 0.3 is 5.97 Å². The quantitative estimate of drug-likeness (QED) is 0.410. The van der Waals surface area contributed by atoms with Crippen LogP contribution in [0.4, 0.5) is 0 Å². The zero-order valence-electron chi connectivity index (χ0n) is 6.75. The largest absolute Gasteiger partial charge is 0.461 e. The highest BCUT2D eigenvalue weighted by molar-refractivity contribution is 9.09. The summed E-state index contributed by atoms with van der Waals surface area (Å²) in [4.78, 5) is 10.8. The molecule has 0 aliphatic heterocycles. The summed E-state index contributed by atoms with van der Waals surface area (Å²) < 4.78 is 4.80. The fourth-order valence-corrected chi connectivity index (χ4v) is 0.821. The van der Waals surface area contributed by atoms with Gasteiger partial charge in [-0.25, -0.2) is 0 Å². The van der Waals surface area contributed by atoms with E-state index in [2.05, 4.69) is 21.9 Å². The SMILES string of the molecule is C#CC=CCOC(=O)CCCBr. The second kappa shape index (κ2) is 8.35. The number of esters is 1. The minimum atomic E-state index is -0.184. The number of terminal acetylenes is 1. The van der Waals surface area contributed by atoms with Gasteiger partial charge in [0.05, 0.1) is 0 Å². The molecular formula is C9H11BrO2. The molecule has 0 saturated carbocycles. The van der Waals surface area contributed by atoms with E-state index in [-0.39, 0.29) is 12.6 Å². The first kappa shape index (κ1) is 11.2. The molecule has 0 fully saturated rings. The van der Waals surface area contributed by atoms with Crippen molar-refractivity contribution in [1.29, 1.82) is 0 Å². The molecular weight excluding hydrogens is 220 g/mol. The van der Waals surface area contributed by atoms with Crippen LogP contribution in [0.2, 0.25) is 0 Å². The van der Waals surface area contributed by atoms with Gasteiger partial charge in [-0.15, -0.1) is 6.42 Å². The Morgan fingerprint density at radius 1 is 1.67 bits per heavy atom. The minimum absolute atomic E-state index is 0.184. The first-order valence-electron chi connectivity index (χ1n) is 3.64. The topological polar surface area (TPSA) is 26.3 Å². The Balaban J connectivity index is 3.33. The number of ether oxygens (including phenoxy) is 1. The van der Waals surface area contributed by atoms with Crippen molar-refractivity contribution in [3.05, 3.63) is 12.2 Å². The van der Waals surface area contributed by atoms with E-state index in [1.54, 1.807) is 6.08 Å². The third-order valence-electron chi connectivity index (χ3n) is 1.07. The van der Waals surface area contributed by atoms with Gasteiger partial charge in [0, 0.05) is 11.8 Å². The predicted octanol–water partition coefficient (Wildman–Crippen LogP) is 1.89. The number of alkyl halides is 1. The average molecular weight is 231 g/mol. The molecule has 0 N–H and O–H groups in total. The highest BCUT2D eigenvalue weighted by Crippen LogP contribution is 1.96. The molecule has 0 aromatic rings. The van der Waals surface area contributed by atoms with Gasteiger partial charge in [0.2, 0.25) is 0 Å². The van der Waals surface area contributed by atoms with Crippen molar-refractivity contribution in [2.45, 2.75) is 12.8 Å². The molecule has 3 heteroatoms. The maximum atomic E-state index is 10.8. The van der Waals surface area contributed by atoms with Gasteiger partial charge in [0.1, 0.15) is 6.61 Å². The van der Waals surface area contributed by atoms with Crippen molar-refractivity contribution in [3.8, 4) is 12.3 Å². The number of halogens is 1. The van der Waals surface area contributed by atoms with E-state index in [0.29, 0.717) is 6.42 Å². The minimum Gasteiger partial charge on any atom is -0.461 e. The molecule has 12 heavy (non-hydrogen) atoms. The Kier molecular flexibility index (Phi) is 7.83. The lowest BCUT2D eigenvalue weighted by molar-refractivity contribution is -0.142. The van der Waals surface area contributed by atoms with Crippen LogP contribution in [0.1, 0.15) is 12.8 Å². The zero-order chi connectivity index (χ0) is 9.23. The van der Waals surface area contributed by atoms with Crippen molar-refractivity contribution in [3.63, 3.8) is 0 Å². The molecule has 0 amide bonds. The van der Waals surface area contributed by atoms with Crippen molar-refractivity contribution in [2.75, 3.05) is 11.9 Å². The van der Waals surface area contributed by atoms with E-state index in [1.807, 2.05) is 0 Å². The van der Waals surface area contributed by atoms with Crippen LogP contribution < -0.4 is 0 Å². The van der Waals surface area contributed by atoms with Crippen LogP contribution in [-0.2, 0) is 9.53 Å². The Morgan fingerprint density at radius 3 is 3.00 bits per heavy atom. The zero-order valence-corrected chi connectivity index (χ0v) is 8.34. The Bertz CT molecular complexity index is 191. The predicted molar refractivity (Wildman–Crippen MR) is 52.0 cm³/mol. The fourth-order valence-electron chi connectivity index (χ4n) is 0.541. The van der Waals surface area contributed by atoms with Crippen LogP contribution in [0.5, 0.6) is 0 Å². The van der Waals surface area contributed by atoms with Gasteiger partial charge in [-0.3, -0.25) is 4.79 Å². The molecule has 0 heterocycles. The number of hydrogen-bond acceptors (Lipinski definition) is 2. The maximum Gasteiger partial charge on any atom is 0.306 e. The molecule has 0 radical (unpaired) electrons. The summed E-state index contributed by atoms with van der Waals surface area (Å²) in [6, 6.07) is 0. The monoisotopic (exact) mass is 230 g/mol. The maximum absolute atomic E-state index is 10.8. The van der Waals surface area contributed by atoms with E-state index in [1.165, 1.54) is 6.08 Å². The van der Waals surface area contributed by atoms with E-state index in [4.69, 9.17) is 11.2 Å². The smallest absolute Gasteiger partial charge is 0.306 e. The highest BCUT2D eigenvalue weighted by Gasteiger charge is 1.98. The van der Waals surface area contributed by atoms with Crippen LogP contribution in [-0.4, -0.2) is 17.9 Å². The number of carbonyl (C=O) groups excluding carboxylic acids is 1. The molecule has 2 nitrogen and oxygen atoms in total. The van der Waals surface area contributed by atoms with Gasteiger partial charge in [-0.05, 0) is 18.6 Å². The molecule has 0 rings (SSSR count). The van der Waals surface area contributed by atoms with Crippen LogP contribution in [0.15, 0.2) is 12.2 Å². The Labute approximate surface area is 81.1 Å². The Hall–Kier alpha value is -0.750. The third-order valence-corrected chi connectivity index (χ3v) is 1.63. The van der Waals surface area contributed by atoms with Crippen molar-refractivity contribution < 1.29 is 9.53 Å². The summed E-state index contributed by atoms with van der Waals surface area (Å²) in [5, 5.41) is 0.822. The lowest BCUT2D eigenvalue weighted by Gasteiger charge is -1.98. The number of hydrogen-bond donors (Lipinski definition) is 0. The summed E-state index contributed by atoms with van der Waals surface area (Å²) in [5.41, 5.74) is 0. The summed E-state index contributed by atoms with van der Waals surface area (Å²) in [6.07, 6.45) is 9.34. The van der Waals surface area contributed by atoms with Crippen LogP contribution >= 0.6 is 15.9 Å². The Morgan fingerprint density at radius 2 is 2.42 bits per heavy atom. The molecule has 0 aromatic carbocycles. The molecule has 0 atom stereocenters. The summed E-state index contributed by atoms with van der Waals surface area (Å²) >= 11 is 3.22. The third kappa shape index (κ3) is 7.36. The van der Waals surface area contributed by atoms with E-state index < -0.39 is 0 Å². The average Bonchev–Trinajstić information content (AvgIpc) is 2.09. The van der Waals surface area contributed by atoms with Crippen molar-refractivity contribution in [1.82, 2.24) is 0 Å². The van der Waals surface area contributed by atoms with Crippen LogP contribution in [0.3, 0.4) is 0 Å². The molecule has 0 spiro atoms. The fraction of sp³-hybridized carbons (Fsp3) is 0.444. The summed E-state index contributed by atoms with van der Waals surface area (Å²) in [6.45, 7) is 0.269. The molecule has 66 valence electrons. The van der Waals surface area contributed by atoms with E-state index >= 15 is 0 Å². The summed E-state index contributed by atoms with van der Waals surface area (Å²) in [5.74, 6) is 2.12. The first-order valence-corrected chi connectivity index (χ1v) is 4.76. The van der Waals surface area contributed by atoms with E-state index in [0.717, 1.165) is 11.8 Å². The van der Waals surface area contributed by atoms with Gasteiger partial charge in [-0.2, -0.15) is 0 Å². The normalized spacial score (nSPS) is 9.67. The van der Waals surface area contributed by atoms with Gasteiger partial charge in [-0.1, -0.05) is 21.9 Å². The number of carbonyl (C=O) groups is 1. The summed E-state index contributed by atoms with van der Waals surface area (Å²) in [7, 11) is 0. The lowest BCUT2D eigenvalue weighted by Crippen LogP contribution is -2.04.